The van der Waals surface area contributed by atoms with Gasteiger partial charge in [-0.05, 0) is 30.7 Å². The van der Waals surface area contributed by atoms with Crippen LogP contribution in [0.5, 0.6) is 0 Å². The molecule has 1 saturated carbocycles. The molecule has 1 heterocycles. The molecule has 0 radical (unpaired) electrons. The summed E-state index contributed by atoms with van der Waals surface area (Å²) in [5.41, 5.74) is 8.31. The van der Waals surface area contributed by atoms with E-state index in [4.69, 9.17) is 18.0 Å². The van der Waals surface area contributed by atoms with Crippen molar-refractivity contribution in [2.75, 3.05) is 36.8 Å². The quantitative estimate of drug-likeness (QED) is 0.666. The van der Waals surface area contributed by atoms with E-state index in [2.05, 4.69) is 34.9 Å². The number of hydrogen-bond acceptors (Lipinski definition) is 4. The van der Waals surface area contributed by atoms with E-state index in [0.29, 0.717) is 4.99 Å². The first-order valence-electron chi connectivity index (χ1n) is 7.75. The van der Waals surface area contributed by atoms with Crippen molar-refractivity contribution in [3.05, 3.63) is 23.8 Å². The van der Waals surface area contributed by atoms with Gasteiger partial charge in [0.25, 0.3) is 0 Å². The number of nitrogens with two attached hydrogens (primary N) is 1. The molecule has 1 aromatic rings. The predicted octanol–water partition coefficient (Wildman–Crippen LogP) is 2.72. The molecule has 0 amide bonds. The lowest BCUT2D eigenvalue weighted by molar-refractivity contribution is 0.248. The topological polar surface area (TPSA) is 32.5 Å². The summed E-state index contributed by atoms with van der Waals surface area (Å²) in [7, 11) is 0. The summed E-state index contributed by atoms with van der Waals surface area (Å²) < 4.78 is 0. The van der Waals surface area contributed by atoms with E-state index in [0.717, 1.165) is 43.5 Å². The molecule has 0 unspecified atom stereocenters. The summed E-state index contributed by atoms with van der Waals surface area (Å²) >= 11 is 7.14. The molecule has 2 aliphatic rings. The summed E-state index contributed by atoms with van der Waals surface area (Å²) in [4.78, 5) is 6.81. The van der Waals surface area contributed by atoms with Gasteiger partial charge in [0.15, 0.2) is 0 Å². The standard InChI is InChI=1S/C16H23N3S2/c1-2-21-14-5-3-4-13(15(14)16(17)20)19-10-8-18(9-11-19)12-6-7-12/h3-5,12H,2,6-11H2,1H3,(H2,17,20). The van der Waals surface area contributed by atoms with Gasteiger partial charge in [-0.3, -0.25) is 4.90 Å². The maximum atomic E-state index is 6.02. The highest BCUT2D eigenvalue weighted by Crippen LogP contribution is 2.33. The molecule has 0 aromatic heterocycles. The third kappa shape index (κ3) is 3.35. The minimum Gasteiger partial charge on any atom is -0.389 e. The van der Waals surface area contributed by atoms with E-state index in [9.17, 15) is 0 Å². The Bertz CT molecular complexity index is 520. The fourth-order valence-corrected chi connectivity index (χ4v) is 4.20. The van der Waals surface area contributed by atoms with Gasteiger partial charge in [-0.25, -0.2) is 0 Å². The molecule has 5 heteroatoms. The maximum Gasteiger partial charge on any atom is 0.107 e. The van der Waals surface area contributed by atoms with Crippen LogP contribution in [0.1, 0.15) is 25.3 Å². The van der Waals surface area contributed by atoms with Crippen molar-refractivity contribution in [2.24, 2.45) is 5.73 Å². The van der Waals surface area contributed by atoms with Crippen LogP contribution in [0.15, 0.2) is 23.1 Å². The third-order valence-corrected chi connectivity index (χ3v) is 5.41. The highest BCUT2D eigenvalue weighted by molar-refractivity contribution is 7.99. The first-order chi connectivity index (χ1) is 10.2. The summed E-state index contributed by atoms with van der Waals surface area (Å²) in [6.07, 6.45) is 2.78. The number of anilines is 1. The largest absolute Gasteiger partial charge is 0.389 e. The highest BCUT2D eigenvalue weighted by atomic mass is 32.2. The Labute approximate surface area is 136 Å². The van der Waals surface area contributed by atoms with Crippen LogP contribution in [-0.4, -0.2) is 47.9 Å². The number of rotatable bonds is 5. The molecule has 0 bridgehead atoms. The summed E-state index contributed by atoms with van der Waals surface area (Å²) in [5, 5.41) is 0. The number of thiocarbonyl (C=S) groups is 1. The van der Waals surface area contributed by atoms with E-state index < -0.39 is 0 Å². The molecule has 3 nitrogen and oxygen atoms in total. The molecule has 1 aromatic carbocycles. The number of hydrogen-bond donors (Lipinski definition) is 1. The van der Waals surface area contributed by atoms with Gasteiger partial charge in [0, 0.05) is 48.4 Å². The lowest BCUT2D eigenvalue weighted by atomic mass is 10.1. The zero-order valence-corrected chi connectivity index (χ0v) is 14.2. The molecule has 2 N–H and O–H groups in total. The second kappa shape index (κ2) is 6.55. The number of thioether (sulfide) groups is 1. The van der Waals surface area contributed by atoms with Crippen LogP contribution in [0.3, 0.4) is 0 Å². The van der Waals surface area contributed by atoms with Crippen molar-refractivity contribution in [3.8, 4) is 0 Å². The van der Waals surface area contributed by atoms with Gasteiger partial charge in [0.05, 0.1) is 0 Å². The number of nitrogens with zero attached hydrogens (tertiary/aromatic N) is 2. The number of benzene rings is 1. The second-order valence-corrected chi connectivity index (χ2v) is 7.45. The van der Waals surface area contributed by atoms with Crippen molar-refractivity contribution in [3.63, 3.8) is 0 Å². The van der Waals surface area contributed by atoms with Gasteiger partial charge in [0.1, 0.15) is 4.99 Å². The van der Waals surface area contributed by atoms with Crippen molar-refractivity contribution in [1.29, 1.82) is 0 Å². The zero-order valence-electron chi connectivity index (χ0n) is 12.5. The molecule has 1 aliphatic carbocycles. The summed E-state index contributed by atoms with van der Waals surface area (Å²) in [6.45, 7) is 6.63. The summed E-state index contributed by atoms with van der Waals surface area (Å²) in [5.74, 6) is 1.04. The molecule has 21 heavy (non-hydrogen) atoms. The highest BCUT2D eigenvalue weighted by Gasteiger charge is 2.31. The molecule has 3 rings (SSSR count). The van der Waals surface area contributed by atoms with Crippen molar-refractivity contribution >= 4 is 34.7 Å². The molecule has 0 atom stereocenters. The molecule has 2 fully saturated rings. The lowest BCUT2D eigenvalue weighted by Gasteiger charge is -2.37. The fraction of sp³-hybridized carbons (Fsp3) is 0.562. The predicted molar refractivity (Wildman–Crippen MR) is 95.5 cm³/mol. The normalized spacial score (nSPS) is 19.8. The fourth-order valence-electron chi connectivity index (χ4n) is 3.07. The number of piperazine rings is 1. The molecular weight excluding hydrogens is 298 g/mol. The van der Waals surface area contributed by atoms with Crippen LogP contribution in [0.4, 0.5) is 5.69 Å². The second-order valence-electron chi connectivity index (χ2n) is 5.70. The van der Waals surface area contributed by atoms with Gasteiger partial charge >= 0.3 is 0 Å². The van der Waals surface area contributed by atoms with E-state index in [1.54, 1.807) is 0 Å². The minimum atomic E-state index is 0.520. The van der Waals surface area contributed by atoms with Gasteiger partial charge in [-0.1, -0.05) is 25.2 Å². The monoisotopic (exact) mass is 321 g/mol. The molecule has 1 saturated heterocycles. The Morgan fingerprint density at radius 1 is 1.29 bits per heavy atom. The first-order valence-corrected chi connectivity index (χ1v) is 9.14. The van der Waals surface area contributed by atoms with Crippen LogP contribution in [0.25, 0.3) is 0 Å². The lowest BCUT2D eigenvalue weighted by Crippen LogP contribution is -2.47. The summed E-state index contributed by atoms with van der Waals surface area (Å²) in [6, 6.07) is 7.29. The van der Waals surface area contributed by atoms with Crippen molar-refractivity contribution in [2.45, 2.75) is 30.7 Å². The van der Waals surface area contributed by atoms with Crippen LogP contribution in [0.2, 0.25) is 0 Å². The van der Waals surface area contributed by atoms with Crippen molar-refractivity contribution < 1.29 is 0 Å². The minimum absolute atomic E-state index is 0.520. The Hall–Kier alpha value is -0.780. The van der Waals surface area contributed by atoms with Gasteiger partial charge in [-0.2, -0.15) is 0 Å². The molecule has 114 valence electrons. The molecule has 1 aliphatic heterocycles. The van der Waals surface area contributed by atoms with E-state index >= 15 is 0 Å². The van der Waals surface area contributed by atoms with Crippen molar-refractivity contribution in [1.82, 2.24) is 4.90 Å². The van der Waals surface area contributed by atoms with Gasteiger partial charge in [0.2, 0.25) is 0 Å². The van der Waals surface area contributed by atoms with Crippen LogP contribution >= 0.6 is 24.0 Å². The van der Waals surface area contributed by atoms with E-state index in [-0.39, 0.29) is 0 Å². The smallest absolute Gasteiger partial charge is 0.107 e. The molecule has 0 spiro atoms. The van der Waals surface area contributed by atoms with Crippen LogP contribution < -0.4 is 10.6 Å². The van der Waals surface area contributed by atoms with Gasteiger partial charge in [-0.15, -0.1) is 11.8 Å². The Morgan fingerprint density at radius 3 is 2.57 bits per heavy atom. The Balaban J connectivity index is 1.80. The first kappa shape index (κ1) is 15.1. The Morgan fingerprint density at radius 2 is 2.00 bits per heavy atom. The Kier molecular flexibility index (Phi) is 4.72. The third-order valence-electron chi connectivity index (χ3n) is 4.27. The zero-order chi connectivity index (χ0) is 14.8. The maximum absolute atomic E-state index is 6.02. The van der Waals surface area contributed by atoms with Crippen LogP contribution in [0, 0.1) is 0 Å². The average molecular weight is 322 g/mol. The SMILES string of the molecule is CCSc1cccc(N2CCN(C3CC3)CC2)c1C(N)=S. The van der Waals surface area contributed by atoms with Crippen LogP contribution in [-0.2, 0) is 0 Å². The van der Waals surface area contributed by atoms with E-state index in [1.807, 2.05) is 11.8 Å². The van der Waals surface area contributed by atoms with Gasteiger partial charge < -0.3 is 10.6 Å². The molecular formula is C16H23N3S2. The van der Waals surface area contributed by atoms with E-state index in [1.165, 1.54) is 23.4 Å². The average Bonchev–Trinajstić information content (AvgIpc) is 3.32.